The molecule has 1 amide bonds. The summed E-state index contributed by atoms with van der Waals surface area (Å²) in [5, 5.41) is 14.7. The monoisotopic (exact) mass is 306 g/mol. The Labute approximate surface area is 127 Å². The number of furan rings is 1. The van der Waals surface area contributed by atoms with Crippen LogP contribution in [0.15, 0.2) is 40.3 Å². The zero-order valence-corrected chi connectivity index (χ0v) is 12.4. The average Bonchev–Trinajstić information content (AvgIpc) is 3.19. The van der Waals surface area contributed by atoms with Crippen molar-refractivity contribution in [2.75, 3.05) is 6.54 Å². The predicted molar refractivity (Wildman–Crippen MR) is 79.7 cm³/mol. The molecule has 0 spiro atoms. The Morgan fingerprint density at radius 1 is 1.43 bits per heavy atom. The minimum atomic E-state index is -0.439. The molecule has 0 aromatic carbocycles. The molecule has 3 rings (SSSR count). The zero-order valence-electron chi connectivity index (χ0n) is 11.6. The lowest BCUT2D eigenvalue weighted by atomic mass is 10.1. The van der Waals surface area contributed by atoms with E-state index in [4.69, 9.17) is 4.42 Å². The van der Waals surface area contributed by atoms with Crippen molar-refractivity contribution >= 4 is 17.2 Å². The molecule has 2 unspecified atom stereocenters. The Balaban J connectivity index is 1.72. The Kier molecular flexibility index (Phi) is 4.38. The first-order chi connectivity index (χ1) is 10.2. The van der Waals surface area contributed by atoms with E-state index in [1.807, 2.05) is 29.6 Å². The molecule has 6 heteroatoms. The predicted octanol–water partition coefficient (Wildman–Crippen LogP) is 1.59. The summed E-state index contributed by atoms with van der Waals surface area (Å²) in [6.07, 6.45) is 1.64. The van der Waals surface area contributed by atoms with Gasteiger partial charge in [0.25, 0.3) is 0 Å². The molecule has 5 nitrogen and oxygen atoms in total. The third-order valence-electron chi connectivity index (χ3n) is 3.57. The highest BCUT2D eigenvalue weighted by molar-refractivity contribution is 7.09. The van der Waals surface area contributed by atoms with Crippen LogP contribution in [0.2, 0.25) is 0 Å². The number of nitrogens with zero attached hydrogens (tertiary/aromatic N) is 1. The lowest BCUT2D eigenvalue weighted by Crippen LogP contribution is -2.42. The fourth-order valence-corrected chi connectivity index (χ4v) is 3.24. The number of nitrogens with one attached hydrogen (secondary N) is 1. The lowest BCUT2D eigenvalue weighted by molar-refractivity contribution is -0.134. The van der Waals surface area contributed by atoms with E-state index in [2.05, 4.69) is 5.32 Å². The number of thiophene rings is 1. The topological polar surface area (TPSA) is 65.7 Å². The Morgan fingerprint density at radius 2 is 2.33 bits per heavy atom. The van der Waals surface area contributed by atoms with Gasteiger partial charge in [-0.1, -0.05) is 6.07 Å². The normalized spacial score (nSPS) is 21.6. The number of rotatable bonds is 5. The zero-order chi connectivity index (χ0) is 14.7. The first-order valence-corrected chi connectivity index (χ1v) is 7.85. The van der Waals surface area contributed by atoms with Crippen molar-refractivity contribution in [2.24, 2.45) is 0 Å². The molecule has 1 fully saturated rings. The van der Waals surface area contributed by atoms with E-state index in [0.717, 1.165) is 10.6 Å². The van der Waals surface area contributed by atoms with Gasteiger partial charge in [-0.05, 0) is 30.0 Å². The van der Waals surface area contributed by atoms with Crippen LogP contribution in [0.4, 0.5) is 0 Å². The second-order valence-electron chi connectivity index (χ2n) is 5.20. The van der Waals surface area contributed by atoms with Gasteiger partial charge in [-0.2, -0.15) is 0 Å². The maximum Gasteiger partial charge on any atom is 0.240 e. The van der Waals surface area contributed by atoms with Gasteiger partial charge < -0.3 is 19.7 Å². The van der Waals surface area contributed by atoms with Crippen LogP contribution in [0.3, 0.4) is 0 Å². The molecule has 3 heterocycles. The second-order valence-corrected chi connectivity index (χ2v) is 6.24. The van der Waals surface area contributed by atoms with Crippen molar-refractivity contribution in [3.05, 3.63) is 46.5 Å². The SMILES string of the molecule is O=C(C1CC(O)CN1)N(Cc1ccco1)Cc1cccs1. The summed E-state index contributed by atoms with van der Waals surface area (Å²) in [5.74, 6) is 0.773. The summed E-state index contributed by atoms with van der Waals surface area (Å²) in [6, 6.07) is 7.37. The highest BCUT2D eigenvalue weighted by Gasteiger charge is 2.31. The molecule has 1 aliphatic heterocycles. The first kappa shape index (κ1) is 14.3. The van der Waals surface area contributed by atoms with Gasteiger partial charge >= 0.3 is 0 Å². The van der Waals surface area contributed by atoms with Gasteiger partial charge in [0.1, 0.15) is 5.76 Å². The number of carbonyl (C=O) groups excluding carboxylic acids is 1. The summed E-state index contributed by atoms with van der Waals surface area (Å²) < 4.78 is 5.36. The van der Waals surface area contributed by atoms with E-state index < -0.39 is 6.10 Å². The lowest BCUT2D eigenvalue weighted by Gasteiger charge is -2.24. The van der Waals surface area contributed by atoms with Crippen LogP contribution in [-0.2, 0) is 17.9 Å². The summed E-state index contributed by atoms with van der Waals surface area (Å²) >= 11 is 1.63. The fourth-order valence-electron chi connectivity index (χ4n) is 2.52. The van der Waals surface area contributed by atoms with Crippen molar-refractivity contribution in [3.8, 4) is 0 Å². The van der Waals surface area contributed by atoms with Crippen LogP contribution in [0.1, 0.15) is 17.1 Å². The fraction of sp³-hybridized carbons (Fsp3) is 0.400. The standard InChI is InChI=1S/C15H18N2O3S/c18-11-7-14(16-8-11)15(19)17(9-12-3-1-5-20-12)10-13-4-2-6-21-13/h1-6,11,14,16,18H,7-10H2. The van der Waals surface area contributed by atoms with Crippen molar-refractivity contribution < 1.29 is 14.3 Å². The smallest absolute Gasteiger partial charge is 0.240 e. The maximum atomic E-state index is 12.7. The van der Waals surface area contributed by atoms with Crippen LogP contribution in [0.25, 0.3) is 0 Å². The largest absolute Gasteiger partial charge is 0.467 e. The molecular formula is C15H18N2O3S. The summed E-state index contributed by atoms with van der Waals surface area (Å²) in [6.45, 7) is 1.48. The molecule has 0 bridgehead atoms. The molecule has 2 aromatic heterocycles. The molecule has 0 aliphatic carbocycles. The van der Waals surface area contributed by atoms with E-state index in [1.54, 1.807) is 22.5 Å². The molecular weight excluding hydrogens is 288 g/mol. The van der Waals surface area contributed by atoms with Crippen LogP contribution in [0, 0.1) is 0 Å². The first-order valence-electron chi connectivity index (χ1n) is 6.97. The number of hydrogen-bond donors (Lipinski definition) is 2. The van der Waals surface area contributed by atoms with Crippen LogP contribution < -0.4 is 5.32 Å². The Morgan fingerprint density at radius 3 is 2.95 bits per heavy atom. The van der Waals surface area contributed by atoms with Crippen LogP contribution in [-0.4, -0.2) is 34.6 Å². The molecule has 2 aromatic rings. The van der Waals surface area contributed by atoms with Gasteiger partial charge in [-0.25, -0.2) is 0 Å². The molecule has 1 aliphatic rings. The third kappa shape index (κ3) is 3.53. The molecule has 2 atom stereocenters. The molecule has 0 saturated carbocycles. The summed E-state index contributed by atoms with van der Waals surface area (Å²) in [4.78, 5) is 15.6. The van der Waals surface area contributed by atoms with Crippen molar-refractivity contribution in [1.82, 2.24) is 10.2 Å². The molecule has 21 heavy (non-hydrogen) atoms. The average molecular weight is 306 g/mol. The highest BCUT2D eigenvalue weighted by Crippen LogP contribution is 2.18. The Hall–Kier alpha value is -1.63. The third-order valence-corrected chi connectivity index (χ3v) is 4.43. The van der Waals surface area contributed by atoms with Gasteiger partial charge in [-0.3, -0.25) is 4.79 Å². The molecule has 1 saturated heterocycles. The molecule has 0 radical (unpaired) electrons. The number of β-amino-alcohol motifs (C(OH)–C–C–N with tert-alkyl or cyclic N) is 1. The summed E-state index contributed by atoms with van der Waals surface area (Å²) in [7, 11) is 0. The quantitative estimate of drug-likeness (QED) is 0.880. The highest BCUT2D eigenvalue weighted by atomic mass is 32.1. The van der Waals surface area contributed by atoms with Gasteiger partial charge in [0.05, 0.1) is 31.5 Å². The maximum absolute atomic E-state index is 12.7. The van der Waals surface area contributed by atoms with Crippen molar-refractivity contribution in [1.29, 1.82) is 0 Å². The summed E-state index contributed by atoms with van der Waals surface area (Å²) in [5.41, 5.74) is 0. The Bertz CT molecular complexity index is 532. The van der Waals surface area contributed by atoms with E-state index in [9.17, 15) is 9.90 Å². The van der Waals surface area contributed by atoms with E-state index in [0.29, 0.717) is 26.1 Å². The molecule has 2 N–H and O–H groups in total. The van der Waals surface area contributed by atoms with Gasteiger partial charge in [0, 0.05) is 11.4 Å². The van der Waals surface area contributed by atoms with Crippen LogP contribution in [0.5, 0.6) is 0 Å². The number of carbonyl (C=O) groups is 1. The number of hydrogen-bond acceptors (Lipinski definition) is 5. The van der Waals surface area contributed by atoms with Crippen molar-refractivity contribution in [2.45, 2.75) is 31.7 Å². The van der Waals surface area contributed by atoms with Gasteiger partial charge in [-0.15, -0.1) is 11.3 Å². The van der Waals surface area contributed by atoms with Gasteiger partial charge in [0.2, 0.25) is 5.91 Å². The van der Waals surface area contributed by atoms with E-state index in [-0.39, 0.29) is 11.9 Å². The number of aliphatic hydroxyl groups excluding tert-OH is 1. The van der Waals surface area contributed by atoms with E-state index >= 15 is 0 Å². The number of amides is 1. The van der Waals surface area contributed by atoms with Crippen LogP contribution >= 0.6 is 11.3 Å². The minimum Gasteiger partial charge on any atom is -0.467 e. The molecule has 112 valence electrons. The van der Waals surface area contributed by atoms with E-state index in [1.165, 1.54) is 0 Å². The minimum absolute atomic E-state index is 0.0105. The van der Waals surface area contributed by atoms with Crippen molar-refractivity contribution in [3.63, 3.8) is 0 Å². The van der Waals surface area contributed by atoms with Gasteiger partial charge in [0.15, 0.2) is 0 Å². The second kappa shape index (κ2) is 6.43. The number of aliphatic hydroxyl groups is 1.